The van der Waals surface area contributed by atoms with Gasteiger partial charge in [-0.25, -0.2) is 16.8 Å². The van der Waals surface area contributed by atoms with Crippen LogP contribution in [0.5, 0.6) is 0 Å². The normalized spacial score (nSPS) is 17.3. The number of aromatic nitrogens is 2. The van der Waals surface area contributed by atoms with E-state index in [4.69, 9.17) is 16.0 Å². The van der Waals surface area contributed by atoms with E-state index in [2.05, 4.69) is 15.5 Å². The molecule has 1 aliphatic heterocycles. The van der Waals surface area contributed by atoms with Crippen LogP contribution in [0.4, 0.5) is 6.01 Å². The molecule has 1 N–H and O–H groups in total. The first kappa shape index (κ1) is 25.3. The molecule has 2 aromatic carbocycles. The van der Waals surface area contributed by atoms with Crippen LogP contribution in [-0.4, -0.2) is 56.6 Å². The number of carbonyl (C=O) groups is 1. The number of carbonyl (C=O) groups excluding carboxylic acids is 1. The minimum absolute atomic E-state index is 0.0322. The molecule has 0 saturated carbocycles. The van der Waals surface area contributed by atoms with Crippen molar-refractivity contribution in [1.82, 2.24) is 14.5 Å². The highest BCUT2D eigenvalue weighted by Gasteiger charge is 2.33. The molecule has 1 atom stereocenters. The van der Waals surface area contributed by atoms with Crippen LogP contribution in [0.1, 0.15) is 24.3 Å². The van der Waals surface area contributed by atoms with E-state index >= 15 is 0 Å². The van der Waals surface area contributed by atoms with Gasteiger partial charge < -0.3 is 4.42 Å². The van der Waals surface area contributed by atoms with Crippen molar-refractivity contribution < 1.29 is 26.0 Å². The third-order valence-corrected chi connectivity index (χ3v) is 8.87. The number of nitrogens with one attached hydrogen (secondary N) is 1. The van der Waals surface area contributed by atoms with Gasteiger partial charge in [0, 0.05) is 24.4 Å². The summed E-state index contributed by atoms with van der Waals surface area (Å²) in [4.78, 5) is 13.1. The van der Waals surface area contributed by atoms with Crippen molar-refractivity contribution in [1.29, 1.82) is 0 Å². The monoisotopic (exact) mass is 538 g/mol. The van der Waals surface area contributed by atoms with E-state index in [1.807, 2.05) is 0 Å². The topological polar surface area (TPSA) is 140 Å². The first-order valence-corrected chi connectivity index (χ1v) is 14.4. The van der Waals surface area contributed by atoms with Crippen molar-refractivity contribution in [3.8, 4) is 0 Å². The number of benzene rings is 2. The fourth-order valence-electron chi connectivity index (χ4n) is 3.74. The Balaban J connectivity index is 1.38. The van der Waals surface area contributed by atoms with Crippen molar-refractivity contribution in [2.75, 3.05) is 24.7 Å². The van der Waals surface area contributed by atoms with Crippen molar-refractivity contribution in [2.24, 2.45) is 5.92 Å². The van der Waals surface area contributed by atoms with E-state index in [0.717, 1.165) is 11.8 Å². The summed E-state index contributed by atoms with van der Waals surface area (Å²) in [5, 5.41) is 10.8. The van der Waals surface area contributed by atoms with Crippen LogP contribution in [0.2, 0.25) is 5.02 Å². The fourth-order valence-corrected chi connectivity index (χ4v) is 6.02. The molecule has 2 heterocycles. The molecule has 1 aliphatic rings. The van der Waals surface area contributed by atoms with E-state index in [0.29, 0.717) is 24.4 Å². The standard InChI is InChI=1S/C22H23ClN4O6S2/c1-34(29,30)18-8-4-15(5-9-18)13-20-25-26-22(33-20)24-21(28)16-3-2-12-27(14-16)35(31,32)19-10-6-17(23)7-11-19/h4-11,16H,2-3,12-14H2,1H3,(H,24,26,28). The Labute approximate surface area is 208 Å². The molecular weight excluding hydrogens is 516 g/mol. The Kier molecular flexibility index (Phi) is 7.27. The van der Waals surface area contributed by atoms with Gasteiger partial charge in [-0.15, -0.1) is 5.10 Å². The lowest BCUT2D eigenvalue weighted by Gasteiger charge is -2.30. The number of halogens is 1. The van der Waals surface area contributed by atoms with Gasteiger partial charge in [0.1, 0.15) is 0 Å². The SMILES string of the molecule is CS(=O)(=O)c1ccc(Cc2nnc(NC(=O)C3CCCN(S(=O)(=O)c4ccc(Cl)cc4)C3)o2)cc1. The second-order valence-electron chi connectivity index (χ2n) is 8.24. The minimum Gasteiger partial charge on any atom is -0.407 e. The van der Waals surface area contributed by atoms with Crippen LogP contribution in [0.25, 0.3) is 0 Å². The summed E-state index contributed by atoms with van der Waals surface area (Å²) in [7, 11) is -7.04. The summed E-state index contributed by atoms with van der Waals surface area (Å²) >= 11 is 5.86. The van der Waals surface area contributed by atoms with Crippen LogP contribution in [-0.2, 0) is 31.1 Å². The first-order valence-electron chi connectivity index (χ1n) is 10.7. The molecule has 0 spiro atoms. The van der Waals surface area contributed by atoms with Gasteiger partial charge in [-0.05, 0) is 54.8 Å². The lowest BCUT2D eigenvalue weighted by molar-refractivity contribution is -0.121. The number of amides is 1. The van der Waals surface area contributed by atoms with E-state index in [-0.39, 0.29) is 34.7 Å². The Morgan fingerprint density at radius 3 is 2.37 bits per heavy atom. The van der Waals surface area contributed by atoms with Crippen LogP contribution in [0.15, 0.2) is 62.7 Å². The van der Waals surface area contributed by atoms with Gasteiger partial charge in [-0.2, -0.15) is 4.31 Å². The Bertz CT molecular complexity index is 1420. The van der Waals surface area contributed by atoms with Gasteiger partial charge in [-0.3, -0.25) is 10.1 Å². The van der Waals surface area contributed by atoms with Gasteiger partial charge >= 0.3 is 6.01 Å². The van der Waals surface area contributed by atoms with Crippen LogP contribution in [0.3, 0.4) is 0 Å². The highest BCUT2D eigenvalue weighted by Crippen LogP contribution is 2.25. The zero-order valence-corrected chi connectivity index (χ0v) is 21.1. The van der Waals surface area contributed by atoms with Crippen LogP contribution < -0.4 is 5.32 Å². The van der Waals surface area contributed by atoms with Crippen molar-refractivity contribution in [2.45, 2.75) is 29.1 Å². The molecule has 1 unspecified atom stereocenters. The summed E-state index contributed by atoms with van der Waals surface area (Å²) in [6.07, 6.45) is 2.44. The molecule has 3 aromatic rings. The van der Waals surface area contributed by atoms with Gasteiger partial charge in [0.2, 0.25) is 21.8 Å². The van der Waals surface area contributed by atoms with Crippen molar-refractivity contribution in [3.05, 3.63) is 65.0 Å². The number of anilines is 1. The average molecular weight is 539 g/mol. The number of hydrogen-bond acceptors (Lipinski definition) is 8. The number of sulfonamides is 1. The number of sulfone groups is 1. The number of rotatable bonds is 7. The fraction of sp³-hybridized carbons (Fsp3) is 0.318. The van der Waals surface area contributed by atoms with Crippen molar-refractivity contribution >= 4 is 43.4 Å². The number of hydrogen-bond donors (Lipinski definition) is 1. The maximum absolute atomic E-state index is 13.0. The molecule has 10 nitrogen and oxygen atoms in total. The maximum atomic E-state index is 13.0. The van der Waals surface area contributed by atoms with Gasteiger partial charge in [0.25, 0.3) is 0 Å². The molecule has 4 rings (SSSR count). The molecule has 1 saturated heterocycles. The lowest BCUT2D eigenvalue weighted by atomic mass is 9.99. The predicted molar refractivity (Wildman–Crippen MR) is 128 cm³/mol. The van der Waals surface area contributed by atoms with Gasteiger partial charge in [0.05, 0.1) is 22.1 Å². The quantitative estimate of drug-likeness (QED) is 0.484. The van der Waals surface area contributed by atoms with E-state index in [1.165, 1.54) is 40.7 Å². The third kappa shape index (κ3) is 6.07. The molecule has 1 fully saturated rings. The Morgan fingerprint density at radius 2 is 1.71 bits per heavy atom. The Hall–Kier alpha value is -2.80. The molecule has 0 radical (unpaired) electrons. The molecular formula is C22H23ClN4O6S2. The third-order valence-electron chi connectivity index (χ3n) is 5.61. The molecule has 1 amide bonds. The number of piperidine rings is 1. The molecule has 13 heteroatoms. The van der Waals surface area contributed by atoms with Crippen LogP contribution in [0, 0.1) is 5.92 Å². The average Bonchev–Trinajstić information content (AvgIpc) is 3.25. The molecule has 186 valence electrons. The van der Waals surface area contributed by atoms with Gasteiger partial charge in [0.15, 0.2) is 9.84 Å². The zero-order chi connectivity index (χ0) is 25.2. The molecule has 35 heavy (non-hydrogen) atoms. The summed E-state index contributed by atoms with van der Waals surface area (Å²) < 4.78 is 55.9. The molecule has 1 aromatic heterocycles. The van der Waals surface area contributed by atoms with E-state index < -0.39 is 31.7 Å². The minimum atomic E-state index is -3.76. The van der Waals surface area contributed by atoms with Gasteiger partial charge in [-0.1, -0.05) is 28.8 Å². The maximum Gasteiger partial charge on any atom is 0.322 e. The number of nitrogens with zero attached hydrogens (tertiary/aromatic N) is 3. The lowest BCUT2D eigenvalue weighted by Crippen LogP contribution is -2.43. The largest absolute Gasteiger partial charge is 0.407 e. The smallest absolute Gasteiger partial charge is 0.322 e. The summed E-state index contributed by atoms with van der Waals surface area (Å²) in [6, 6.07) is 12.1. The highest BCUT2D eigenvalue weighted by atomic mass is 35.5. The Morgan fingerprint density at radius 1 is 1.06 bits per heavy atom. The second kappa shape index (κ2) is 10.1. The zero-order valence-electron chi connectivity index (χ0n) is 18.7. The molecule has 0 bridgehead atoms. The van der Waals surface area contributed by atoms with E-state index in [1.54, 1.807) is 12.1 Å². The first-order chi connectivity index (χ1) is 16.5. The summed E-state index contributed by atoms with van der Waals surface area (Å²) in [5.41, 5.74) is 0.759. The summed E-state index contributed by atoms with van der Waals surface area (Å²) in [6.45, 7) is 0.349. The molecule has 0 aliphatic carbocycles. The highest BCUT2D eigenvalue weighted by molar-refractivity contribution is 7.90. The summed E-state index contributed by atoms with van der Waals surface area (Å²) in [5.74, 6) is -0.749. The predicted octanol–water partition coefficient (Wildman–Crippen LogP) is 2.76. The van der Waals surface area contributed by atoms with Crippen molar-refractivity contribution in [3.63, 3.8) is 0 Å². The van der Waals surface area contributed by atoms with E-state index in [9.17, 15) is 21.6 Å². The van der Waals surface area contributed by atoms with Crippen LogP contribution >= 0.6 is 11.6 Å². The second-order valence-corrected chi connectivity index (χ2v) is 12.6.